The second-order valence-corrected chi connectivity index (χ2v) is 4.62. The van der Waals surface area contributed by atoms with Crippen LogP contribution in [-0.4, -0.2) is 17.0 Å². The molecule has 0 bridgehead atoms. The molecule has 1 aromatic carbocycles. The number of rotatable bonds is 3. The average molecular weight is 298 g/mol. The lowest BCUT2D eigenvalue weighted by molar-refractivity contribution is -0.111. The van der Waals surface area contributed by atoms with Crippen molar-refractivity contribution >= 4 is 33.5 Å². The van der Waals surface area contributed by atoms with E-state index in [1.165, 1.54) is 12.1 Å². The molecule has 1 amide bonds. The van der Waals surface area contributed by atoms with Crippen LogP contribution in [0.25, 0.3) is 0 Å². The summed E-state index contributed by atoms with van der Waals surface area (Å²) < 4.78 is 0.648. The molecule has 0 radical (unpaired) electrons. The van der Waals surface area contributed by atoms with E-state index in [9.17, 15) is 9.59 Å². The summed E-state index contributed by atoms with van der Waals surface area (Å²) in [5, 5.41) is 11.5. The van der Waals surface area contributed by atoms with Crippen molar-refractivity contribution in [2.75, 3.05) is 5.32 Å². The lowest BCUT2D eigenvalue weighted by Gasteiger charge is -2.07. The highest BCUT2D eigenvalue weighted by Crippen LogP contribution is 2.21. The van der Waals surface area contributed by atoms with E-state index in [1.54, 1.807) is 26.0 Å². The smallest absolute Gasteiger partial charge is 0.337 e. The summed E-state index contributed by atoms with van der Waals surface area (Å²) in [7, 11) is 0. The van der Waals surface area contributed by atoms with Crippen LogP contribution in [0.2, 0.25) is 0 Å². The Kier molecular flexibility index (Phi) is 4.45. The molecule has 0 aliphatic rings. The maximum Gasteiger partial charge on any atom is 0.337 e. The fourth-order valence-electron chi connectivity index (χ4n) is 1.23. The van der Waals surface area contributed by atoms with E-state index in [2.05, 4.69) is 21.2 Å². The summed E-state index contributed by atoms with van der Waals surface area (Å²) in [4.78, 5) is 22.5. The summed E-state index contributed by atoms with van der Waals surface area (Å²) in [6, 6.07) is 4.66. The first-order chi connectivity index (χ1) is 7.90. The van der Waals surface area contributed by atoms with Gasteiger partial charge in [-0.25, -0.2) is 4.79 Å². The minimum absolute atomic E-state index is 0.0508. The summed E-state index contributed by atoms with van der Waals surface area (Å²) in [6.07, 6.45) is 1.41. The first-order valence-corrected chi connectivity index (χ1v) is 5.68. The topological polar surface area (TPSA) is 66.4 Å². The van der Waals surface area contributed by atoms with Gasteiger partial charge in [-0.2, -0.15) is 0 Å². The zero-order valence-electron chi connectivity index (χ0n) is 9.45. The molecule has 0 aliphatic heterocycles. The predicted octanol–water partition coefficient (Wildman–Crippen LogP) is 3.05. The number of amides is 1. The van der Waals surface area contributed by atoms with Crippen molar-refractivity contribution in [2.24, 2.45) is 0 Å². The summed E-state index contributed by atoms with van der Waals surface area (Å²) in [5.74, 6) is -1.42. The monoisotopic (exact) mass is 297 g/mol. The normalized spacial score (nSPS) is 9.59. The number of hydrogen-bond acceptors (Lipinski definition) is 2. The molecule has 0 spiro atoms. The van der Waals surface area contributed by atoms with Crippen LogP contribution in [0.3, 0.4) is 0 Å². The van der Waals surface area contributed by atoms with Gasteiger partial charge in [-0.15, -0.1) is 0 Å². The van der Waals surface area contributed by atoms with Gasteiger partial charge in [0, 0.05) is 10.5 Å². The number of nitrogens with one attached hydrogen (secondary N) is 1. The molecular weight excluding hydrogens is 286 g/mol. The first-order valence-electron chi connectivity index (χ1n) is 4.89. The predicted molar refractivity (Wildman–Crippen MR) is 69.2 cm³/mol. The largest absolute Gasteiger partial charge is 0.478 e. The molecule has 4 nitrogen and oxygen atoms in total. The Morgan fingerprint density at radius 2 is 2.00 bits per heavy atom. The minimum Gasteiger partial charge on any atom is -0.478 e. The molecule has 17 heavy (non-hydrogen) atoms. The molecule has 2 N–H and O–H groups in total. The Bertz CT molecular complexity index is 491. The van der Waals surface area contributed by atoms with Gasteiger partial charge in [-0.1, -0.05) is 21.5 Å². The first kappa shape index (κ1) is 13.4. The van der Waals surface area contributed by atoms with E-state index in [-0.39, 0.29) is 17.2 Å². The fourth-order valence-corrected chi connectivity index (χ4v) is 1.59. The van der Waals surface area contributed by atoms with Gasteiger partial charge in [-0.3, -0.25) is 4.79 Å². The van der Waals surface area contributed by atoms with E-state index >= 15 is 0 Å². The van der Waals surface area contributed by atoms with Crippen molar-refractivity contribution < 1.29 is 14.7 Å². The van der Waals surface area contributed by atoms with Crippen LogP contribution in [0.5, 0.6) is 0 Å². The molecule has 0 fully saturated rings. The van der Waals surface area contributed by atoms with Crippen LogP contribution in [0.15, 0.2) is 34.3 Å². The van der Waals surface area contributed by atoms with Crippen molar-refractivity contribution in [3.63, 3.8) is 0 Å². The van der Waals surface area contributed by atoms with Crippen molar-refractivity contribution in [3.8, 4) is 0 Å². The molecule has 0 heterocycles. The van der Waals surface area contributed by atoms with E-state index < -0.39 is 5.97 Å². The molecule has 0 aromatic heterocycles. The van der Waals surface area contributed by atoms with Crippen LogP contribution >= 0.6 is 15.9 Å². The van der Waals surface area contributed by atoms with Gasteiger partial charge in [0.1, 0.15) is 0 Å². The number of carboxylic acids is 1. The van der Waals surface area contributed by atoms with Crippen LogP contribution < -0.4 is 5.32 Å². The highest BCUT2D eigenvalue weighted by molar-refractivity contribution is 9.10. The molecule has 5 heteroatoms. The number of carbonyl (C=O) groups is 2. The zero-order valence-corrected chi connectivity index (χ0v) is 11.0. The molecule has 90 valence electrons. The maximum absolute atomic E-state index is 11.5. The Morgan fingerprint density at radius 1 is 1.35 bits per heavy atom. The van der Waals surface area contributed by atoms with E-state index in [0.29, 0.717) is 4.47 Å². The maximum atomic E-state index is 11.5. The fraction of sp³-hybridized carbons (Fsp3) is 0.167. The van der Waals surface area contributed by atoms with Gasteiger partial charge < -0.3 is 10.4 Å². The second-order valence-electron chi connectivity index (χ2n) is 3.71. The zero-order chi connectivity index (χ0) is 13.0. The molecule has 1 rings (SSSR count). The lowest BCUT2D eigenvalue weighted by Crippen LogP contribution is -2.12. The summed E-state index contributed by atoms with van der Waals surface area (Å²) in [6.45, 7) is 3.58. The summed E-state index contributed by atoms with van der Waals surface area (Å²) in [5.41, 5.74) is 1.18. The molecular formula is C12H12BrNO3. The molecule has 0 saturated heterocycles. The van der Waals surface area contributed by atoms with Gasteiger partial charge in [0.05, 0.1) is 11.3 Å². The van der Waals surface area contributed by atoms with E-state index in [1.807, 2.05) is 0 Å². The van der Waals surface area contributed by atoms with Crippen LogP contribution in [0.1, 0.15) is 24.2 Å². The van der Waals surface area contributed by atoms with Crippen LogP contribution in [0.4, 0.5) is 5.69 Å². The Hall–Kier alpha value is -1.62. The number of benzene rings is 1. The average Bonchev–Trinajstić information content (AvgIpc) is 2.19. The molecule has 0 unspecified atom stereocenters. The third-order valence-electron chi connectivity index (χ3n) is 1.89. The third kappa shape index (κ3) is 4.03. The molecule has 1 aromatic rings. The van der Waals surface area contributed by atoms with Gasteiger partial charge >= 0.3 is 5.97 Å². The van der Waals surface area contributed by atoms with Gasteiger partial charge in [0.15, 0.2) is 0 Å². The lowest BCUT2D eigenvalue weighted by atomic mass is 10.2. The highest BCUT2D eigenvalue weighted by Gasteiger charge is 2.11. The number of aromatic carboxylic acids is 1. The number of anilines is 1. The highest BCUT2D eigenvalue weighted by atomic mass is 79.9. The Labute approximate surface area is 107 Å². The van der Waals surface area contributed by atoms with Crippen molar-refractivity contribution in [1.82, 2.24) is 0 Å². The standard InChI is InChI=1S/C12H12BrNO3/c1-7(2)5-11(15)14-10-4-3-8(13)6-9(10)12(16)17/h3-6H,1-2H3,(H,14,15)(H,16,17). The number of allylic oxidation sites excluding steroid dienone is 1. The Morgan fingerprint density at radius 3 is 2.53 bits per heavy atom. The van der Waals surface area contributed by atoms with E-state index in [4.69, 9.17) is 5.11 Å². The number of carboxylic acid groups (broad SMARTS) is 1. The second kappa shape index (κ2) is 5.63. The Balaban J connectivity index is 3.03. The van der Waals surface area contributed by atoms with Gasteiger partial charge in [-0.05, 0) is 32.0 Å². The third-order valence-corrected chi connectivity index (χ3v) is 2.38. The van der Waals surface area contributed by atoms with Crippen molar-refractivity contribution in [2.45, 2.75) is 13.8 Å². The number of carbonyl (C=O) groups excluding carboxylic acids is 1. The molecule has 0 saturated carbocycles. The van der Waals surface area contributed by atoms with Crippen LogP contribution in [0, 0.1) is 0 Å². The van der Waals surface area contributed by atoms with Crippen molar-refractivity contribution in [3.05, 3.63) is 39.9 Å². The van der Waals surface area contributed by atoms with Gasteiger partial charge in [0.2, 0.25) is 5.91 Å². The van der Waals surface area contributed by atoms with E-state index in [0.717, 1.165) is 5.57 Å². The quantitative estimate of drug-likeness (QED) is 0.843. The summed E-state index contributed by atoms with van der Waals surface area (Å²) >= 11 is 3.18. The van der Waals surface area contributed by atoms with Crippen LogP contribution in [-0.2, 0) is 4.79 Å². The molecule has 0 aliphatic carbocycles. The number of halogens is 1. The number of hydrogen-bond donors (Lipinski definition) is 2. The van der Waals surface area contributed by atoms with Gasteiger partial charge in [0.25, 0.3) is 0 Å². The SMILES string of the molecule is CC(C)=CC(=O)Nc1ccc(Br)cc1C(=O)O. The minimum atomic E-state index is -1.08. The molecule has 0 atom stereocenters. The van der Waals surface area contributed by atoms with Crippen molar-refractivity contribution in [1.29, 1.82) is 0 Å².